The van der Waals surface area contributed by atoms with Gasteiger partial charge in [-0.25, -0.2) is 4.98 Å². The fraction of sp³-hybridized carbons (Fsp3) is 0.357. The maximum absolute atomic E-state index is 4.07. The summed E-state index contributed by atoms with van der Waals surface area (Å²) in [5.74, 6) is 0. The summed E-state index contributed by atoms with van der Waals surface area (Å²) < 4.78 is 2.10. The van der Waals surface area contributed by atoms with Crippen LogP contribution < -0.4 is 5.32 Å². The van der Waals surface area contributed by atoms with Crippen LogP contribution in [0, 0.1) is 13.8 Å². The largest absolute Gasteiger partial charge is 0.336 e. The van der Waals surface area contributed by atoms with E-state index in [0.717, 1.165) is 6.54 Å². The van der Waals surface area contributed by atoms with Crippen LogP contribution in [0.1, 0.15) is 22.7 Å². The Hall–Kier alpha value is -1.61. The smallest absolute Gasteiger partial charge is 0.0946 e. The van der Waals surface area contributed by atoms with Crippen molar-refractivity contribution in [3.63, 3.8) is 0 Å². The van der Waals surface area contributed by atoms with Crippen LogP contribution in [0.25, 0.3) is 0 Å². The summed E-state index contributed by atoms with van der Waals surface area (Å²) in [5.41, 5.74) is 3.95. The third-order valence-corrected chi connectivity index (χ3v) is 2.95. The van der Waals surface area contributed by atoms with Crippen LogP contribution in [0.15, 0.2) is 36.9 Å². The van der Waals surface area contributed by atoms with Gasteiger partial charge >= 0.3 is 0 Å². The van der Waals surface area contributed by atoms with E-state index in [1.165, 1.54) is 16.7 Å². The van der Waals surface area contributed by atoms with Crippen molar-refractivity contribution in [2.45, 2.75) is 26.4 Å². The average Bonchev–Trinajstić information content (AvgIpc) is 2.77. The molecule has 3 nitrogen and oxygen atoms in total. The SMILES string of the molecule is CNC(Cn1ccnc1)c1cc(C)cc(C)c1. The summed E-state index contributed by atoms with van der Waals surface area (Å²) in [6.45, 7) is 5.18. The van der Waals surface area contributed by atoms with Gasteiger partial charge in [-0.1, -0.05) is 29.3 Å². The van der Waals surface area contributed by atoms with Gasteiger partial charge in [0.15, 0.2) is 0 Å². The lowest BCUT2D eigenvalue weighted by Crippen LogP contribution is -2.21. The van der Waals surface area contributed by atoms with Gasteiger partial charge in [-0.05, 0) is 26.5 Å². The minimum absolute atomic E-state index is 0.322. The highest BCUT2D eigenvalue weighted by Gasteiger charge is 2.10. The molecule has 2 aromatic rings. The lowest BCUT2D eigenvalue weighted by Gasteiger charge is -2.18. The van der Waals surface area contributed by atoms with Crippen LogP contribution >= 0.6 is 0 Å². The second-order valence-corrected chi connectivity index (χ2v) is 4.52. The van der Waals surface area contributed by atoms with Crippen LogP contribution in [0.5, 0.6) is 0 Å². The minimum Gasteiger partial charge on any atom is -0.336 e. The molecular formula is C14H19N3. The Balaban J connectivity index is 2.22. The summed E-state index contributed by atoms with van der Waals surface area (Å²) in [6.07, 6.45) is 5.66. The van der Waals surface area contributed by atoms with Crippen molar-refractivity contribution in [1.82, 2.24) is 14.9 Å². The van der Waals surface area contributed by atoms with Crippen LogP contribution in [-0.2, 0) is 6.54 Å². The first-order chi connectivity index (χ1) is 8.19. The second-order valence-electron chi connectivity index (χ2n) is 4.52. The van der Waals surface area contributed by atoms with Gasteiger partial charge < -0.3 is 9.88 Å². The molecule has 0 aliphatic heterocycles. The molecule has 17 heavy (non-hydrogen) atoms. The molecule has 0 saturated heterocycles. The Bertz CT molecular complexity index is 454. The molecule has 0 aliphatic carbocycles. The number of nitrogens with one attached hydrogen (secondary N) is 1. The molecule has 0 fully saturated rings. The zero-order chi connectivity index (χ0) is 12.3. The summed E-state index contributed by atoms with van der Waals surface area (Å²) in [7, 11) is 2.00. The number of aryl methyl sites for hydroxylation is 2. The van der Waals surface area contributed by atoms with E-state index >= 15 is 0 Å². The van der Waals surface area contributed by atoms with Gasteiger partial charge in [-0.2, -0.15) is 0 Å². The number of benzene rings is 1. The third-order valence-electron chi connectivity index (χ3n) is 2.95. The molecule has 0 spiro atoms. The van der Waals surface area contributed by atoms with E-state index in [9.17, 15) is 0 Å². The van der Waals surface area contributed by atoms with E-state index in [4.69, 9.17) is 0 Å². The molecule has 90 valence electrons. The van der Waals surface area contributed by atoms with E-state index in [0.29, 0.717) is 6.04 Å². The monoisotopic (exact) mass is 229 g/mol. The zero-order valence-corrected chi connectivity index (χ0v) is 10.6. The molecule has 0 saturated carbocycles. The summed E-state index contributed by atoms with van der Waals surface area (Å²) in [4.78, 5) is 4.07. The summed E-state index contributed by atoms with van der Waals surface area (Å²) >= 11 is 0. The van der Waals surface area contributed by atoms with Gasteiger partial charge in [-0.3, -0.25) is 0 Å². The van der Waals surface area contributed by atoms with Crippen LogP contribution in [0.4, 0.5) is 0 Å². The van der Waals surface area contributed by atoms with Crippen molar-refractivity contribution in [3.8, 4) is 0 Å². The molecule has 0 bridgehead atoms. The van der Waals surface area contributed by atoms with E-state index in [2.05, 4.69) is 46.9 Å². The van der Waals surface area contributed by atoms with Crippen LogP contribution in [0.2, 0.25) is 0 Å². The van der Waals surface area contributed by atoms with Crippen LogP contribution in [-0.4, -0.2) is 16.6 Å². The van der Waals surface area contributed by atoms with E-state index in [1.807, 2.05) is 25.8 Å². The lowest BCUT2D eigenvalue weighted by atomic mass is 10.0. The molecule has 1 N–H and O–H groups in total. The van der Waals surface area contributed by atoms with Crippen molar-refractivity contribution in [2.75, 3.05) is 7.05 Å². The van der Waals surface area contributed by atoms with Gasteiger partial charge in [0.2, 0.25) is 0 Å². The zero-order valence-electron chi connectivity index (χ0n) is 10.6. The number of imidazole rings is 1. The molecule has 1 heterocycles. The third kappa shape index (κ3) is 2.94. The molecule has 1 aromatic heterocycles. The highest BCUT2D eigenvalue weighted by atomic mass is 15.1. The van der Waals surface area contributed by atoms with Crippen molar-refractivity contribution in [2.24, 2.45) is 0 Å². The van der Waals surface area contributed by atoms with Crippen molar-refractivity contribution < 1.29 is 0 Å². The predicted octanol–water partition coefficient (Wildman–Crippen LogP) is 2.46. The summed E-state index contributed by atoms with van der Waals surface area (Å²) in [6, 6.07) is 7.01. The van der Waals surface area contributed by atoms with Gasteiger partial charge in [0.25, 0.3) is 0 Å². The molecule has 0 aliphatic rings. The molecule has 2 rings (SSSR count). The van der Waals surface area contributed by atoms with E-state index < -0.39 is 0 Å². The minimum atomic E-state index is 0.322. The molecule has 1 aromatic carbocycles. The highest BCUT2D eigenvalue weighted by molar-refractivity contribution is 5.30. The van der Waals surface area contributed by atoms with Gasteiger partial charge in [0.1, 0.15) is 0 Å². The number of hydrogen-bond acceptors (Lipinski definition) is 2. The fourth-order valence-corrected chi connectivity index (χ4v) is 2.18. The van der Waals surface area contributed by atoms with Gasteiger partial charge in [0.05, 0.1) is 6.33 Å². The average molecular weight is 229 g/mol. The van der Waals surface area contributed by atoms with Crippen molar-refractivity contribution in [3.05, 3.63) is 53.6 Å². The Labute approximate surface area is 103 Å². The number of likely N-dealkylation sites (N-methyl/N-ethyl adjacent to an activating group) is 1. The normalized spacial score (nSPS) is 12.6. The first-order valence-electron chi connectivity index (χ1n) is 5.90. The Morgan fingerprint density at radius 3 is 2.47 bits per heavy atom. The van der Waals surface area contributed by atoms with Crippen molar-refractivity contribution in [1.29, 1.82) is 0 Å². The quantitative estimate of drug-likeness (QED) is 0.872. The number of hydrogen-bond donors (Lipinski definition) is 1. The van der Waals surface area contributed by atoms with Crippen molar-refractivity contribution >= 4 is 0 Å². The van der Waals surface area contributed by atoms with E-state index in [-0.39, 0.29) is 0 Å². The number of rotatable bonds is 4. The lowest BCUT2D eigenvalue weighted by molar-refractivity contribution is 0.500. The van der Waals surface area contributed by atoms with Gasteiger partial charge in [0, 0.05) is 25.0 Å². The van der Waals surface area contributed by atoms with Crippen LogP contribution in [0.3, 0.4) is 0 Å². The molecule has 1 unspecified atom stereocenters. The fourth-order valence-electron chi connectivity index (χ4n) is 2.18. The maximum Gasteiger partial charge on any atom is 0.0946 e. The molecule has 0 amide bonds. The maximum atomic E-state index is 4.07. The molecule has 1 atom stereocenters. The highest BCUT2D eigenvalue weighted by Crippen LogP contribution is 2.18. The number of nitrogens with zero attached hydrogens (tertiary/aromatic N) is 2. The number of aromatic nitrogens is 2. The molecule has 3 heteroatoms. The Morgan fingerprint density at radius 2 is 1.94 bits per heavy atom. The molecular weight excluding hydrogens is 210 g/mol. The first-order valence-corrected chi connectivity index (χ1v) is 5.90. The van der Waals surface area contributed by atoms with E-state index in [1.54, 1.807) is 0 Å². The van der Waals surface area contributed by atoms with Gasteiger partial charge in [-0.15, -0.1) is 0 Å². The standard InChI is InChI=1S/C14H19N3/c1-11-6-12(2)8-13(7-11)14(15-3)9-17-5-4-16-10-17/h4-8,10,14-15H,9H2,1-3H3. The Kier molecular flexibility index (Phi) is 3.59. The summed E-state index contributed by atoms with van der Waals surface area (Å²) in [5, 5.41) is 3.36. The first kappa shape index (κ1) is 11.9. The predicted molar refractivity (Wildman–Crippen MR) is 69.9 cm³/mol. The topological polar surface area (TPSA) is 29.9 Å². The second kappa shape index (κ2) is 5.15. The molecule has 0 radical (unpaired) electrons. The Morgan fingerprint density at radius 1 is 1.24 bits per heavy atom.